The van der Waals surface area contributed by atoms with E-state index in [1.165, 1.54) is 0 Å². The Kier molecular flexibility index (Phi) is 3.30. The Labute approximate surface area is 67.3 Å². The van der Waals surface area contributed by atoms with Gasteiger partial charge in [-0.1, -0.05) is 6.92 Å². The first kappa shape index (κ1) is 8.97. The monoisotopic (exact) mass is 160 g/mol. The summed E-state index contributed by atoms with van der Waals surface area (Å²) >= 11 is 0. The van der Waals surface area contributed by atoms with Crippen LogP contribution < -0.4 is 0 Å². The Bertz CT molecular complexity index is 116. The van der Waals surface area contributed by atoms with Crippen LogP contribution in [0.5, 0.6) is 0 Å². The maximum atomic E-state index is 8.87. The zero-order chi connectivity index (χ0) is 8.27. The summed E-state index contributed by atoms with van der Waals surface area (Å²) in [4.78, 5) is 0. The summed E-state index contributed by atoms with van der Waals surface area (Å²) in [7, 11) is 1.69. The van der Waals surface area contributed by atoms with Gasteiger partial charge >= 0.3 is 0 Å². The van der Waals surface area contributed by atoms with Crippen molar-refractivity contribution >= 4 is 0 Å². The van der Waals surface area contributed by atoms with Gasteiger partial charge in [-0.2, -0.15) is 0 Å². The van der Waals surface area contributed by atoms with Gasteiger partial charge in [-0.3, -0.25) is 0 Å². The maximum Gasteiger partial charge on any atom is 0.0884 e. The van der Waals surface area contributed by atoms with E-state index in [-0.39, 0.29) is 24.7 Å². The molecule has 1 saturated heterocycles. The molecular weight excluding hydrogens is 144 g/mol. The maximum absolute atomic E-state index is 8.87. The fraction of sp³-hybridized carbons (Fsp3) is 1.00. The smallest absolute Gasteiger partial charge is 0.0884 e. The predicted octanol–water partition coefficient (Wildman–Crippen LogP) is 0.419. The molecule has 1 N–H and O–H groups in total. The number of aliphatic hydroxyl groups excluding tert-OH is 1. The van der Waals surface area contributed by atoms with Crippen molar-refractivity contribution in [3.8, 4) is 0 Å². The number of hydrogen-bond acceptors (Lipinski definition) is 3. The largest absolute Gasteiger partial charge is 0.396 e. The van der Waals surface area contributed by atoms with Crippen molar-refractivity contribution < 1.29 is 14.6 Å². The number of hydrogen-bond donors (Lipinski definition) is 1. The molecule has 3 nitrogen and oxygen atoms in total. The molecule has 0 radical (unpaired) electrons. The average Bonchev–Trinajstić information content (AvgIpc) is 2.50. The topological polar surface area (TPSA) is 38.7 Å². The van der Waals surface area contributed by atoms with Gasteiger partial charge in [-0.05, 0) is 6.42 Å². The molecule has 1 aliphatic rings. The molecule has 1 fully saturated rings. The van der Waals surface area contributed by atoms with Gasteiger partial charge in [0.05, 0.1) is 12.2 Å². The molecule has 0 amide bonds. The first-order chi connectivity index (χ1) is 5.29. The van der Waals surface area contributed by atoms with Crippen LogP contribution in [0.3, 0.4) is 0 Å². The second kappa shape index (κ2) is 4.04. The Morgan fingerprint density at radius 3 is 3.00 bits per heavy atom. The van der Waals surface area contributed by atoms with Crippen molar-refractivity contribution in [3.63, 3.8) is 0 Å². The van der Waals surface area contributed by atoms with Crippen molar-refractivity contribution in [1.82, 2.24) is 0 Å². The van der Waals surface area contributed by atoms with Crippen LogP contribution in [0.4, 0.5) is 0 Å². The highest BCUT2D eigenvalue weighted by Crippen LogP contribution is 2.22. The lowest BCUT2D eigenvalue weighted by molar-refractivity contribution is -0.0266. The third-order valence-electron chi connectivity index (χ3n) is 2.23. The highest BCUT2D eigenvalue weighted by Gasteiger charge is 2.32. The molecule has 3 atom stereocenters. The van der Waals surface area contributed by atoms with Gasteiger partial charge in [0.1, 0.15) is 0 Å². The van der Waals surface area contributed by atoms with Gasteiger partial charge < -0.3 is 14.6 Å². The molecule has 11 heavy (non-hydrogen) atoms. The molecule has 0 unspecified atom stereocenters. The predicted molar refractivity (Wildman–Crippen MR) is 41.4 cm³/mol. The molecule has 3 heteroatoms. The van der Waals surface area contributed by atoms with Gasteiger partial charge in [0, 0.05) is 26.2 Å². The van der Waals surface area contributed by atoms with E-state index < -0.39 is 0 Å². The molecule has 0 aliphatic carbocycles. The molecule has 66 valence electrons. The molecule has 0 spiro atoms. The van der Waals surface area contributed by atoms with Crippen LogP contribution in [0.15, 0.2) is 0 Å². The normalized spacial score (nSPS) is 34.1. The zero-order valence-corrected chi connectivity index (χ0v) is 7.12. The van der Waals surface area contributed by atoms with Gasteiger partial charge in [0.15, 0.2) is 0 Å². The van der Waals surface area contributed by atoms with Crippen LogP contribution >= 0.6 is 0 Å². The lowest BCUT2D eigenvalue weighted by Crippen LogP contribution is -2.31. The highest BCUT2D eigenvalue weighted by molar-refractivity contribution is 4.80. The number of methoxy groups -OCH3 is 1. The molecule has 0 aromatic rings. The molecule has 0 saturated carbocycles. The standard InChI is InChI=1S/C8H16O3/c1-6(5-9)8-7(10-2)3-4-11-8/h6-9H,3-5H2,1-2H3/t6-,7-,8-/m0/s1. The summed E-state index contributed by atoms with van der Waals surface area (Å²) in [5, 5.41) is 8.87. The van der Waals surface area contributed by atoms with E-state index in [1.54, 1.807) is 7.11 Å². The van der Waals surface area contributed by atoms with Crippen LogP contribution in [0, 0.1) is 5.92 Å². The Balaban J connectivity index is 2.42. The van der Waals surface area contributed by atoms with Crippen LogP contribution in [-0.2, 0) is 9.47 Å². The number of aliphatic hydroxyl groups is 1. The molecule has 1 aliphatic heterocycles. The fourth-order valence-corrected chi connectivity index (χ4v) is 1.48. The van der Waals surface area contributed by atoms with E-state index in [9.17, 15) is 0 Å². The summed E-state index contributed by atoms with van der Waals surface area (Å²) in [5.41, 5.74) is 0. The minimum atomic E-state index is 0.0880. The Hall–Kier alpha value is -0.120. The molecule has 0 aromatic heterocycles. The summed E-state index contributed by atoms with van der Waals surface area (Å²) in [6.07, 6.45) is 1.22. The van der Waals surface area contributed by atoms with Gasteiger partial charge in [0.2, 0.25) is 0 Å². The first-order valence-electron chi connectivity index (χ1n) is 4.05. The van der Waals surface area contributed by atoms with Gasteiger partial charge in [-0.25, -0.2) is 0 Å². The summed E-state index contributed by atoms with van der Waals surface area (Å²) in [6.45, 7) is 2.90. The van der Waals surface area contributed by atoms with Crippen LogP contribution in [-0.4, -0.2) is 37.6 Å². The molecular formula is C8H16O3. The third kappa shape index (κ3) is 1.92. The SMILES string of the molecule is CO[C@H]1CCO[C@H]1[C@@H](C)CO. The van der Waals surface area contributed by atoms with E-state index in [2.05, 4.69) is 0 Å². The summed E-state index contributed by atoms with van der Waals surface area (Å²) in [6, 6.07) is 0. The van der Waals surface area contributed by atoms with Crippen molar-refractivity contribution in [3.05, 3.63) is 0 Å². The molecule has 0 bridgehead atoms. The first-order valence-corrected chi connectivity index (χ1v) is 4.05. The van der Waals surface area contributed by atoms with Crippen LogP contribution in [0.25, 0.3) is 0 Å². The Morgan fingerprint density at radius 2 is 2.45 bits per heavy atom. The second-order valence-corrected chi connectivity index (χ2v) is 3.06. The van der Waals surface area contributed by atoms with E-state index >= 15 is 0 Å². The third-order valence-corrected chi connectivity index (χ3v) is 2.23. The van der Waals surface area contributed by atoms with E-state index in [4.69, 9.17) is 14.6 Å². The van der Waals surface area contributed by atoms with E-state index in [0.717, 1.165) is 13.0 Å². The minimum absolute atomic E-state index is 0.0880. The summed E-state index contributed by atoms with van der Waals surface area (Å²) in [5.74, 6) is 0.183. The number of ether oxygens (including phenoxy) is 2. The average molecular weight is 160 g/mol. The quantitative estimate of drug-likeness (QED) is 0.650. The molecule has 0 aromatic carbocycles. The van der Waals surface area contributed by atoms with E-state index in [0.29, 0.717) is 0 Å². The Morgan fingerprint density at radius 1 is 1.73 bits per heavy atom. The molecule has 1 rings (SSSR count). The van der Waals surface area contributed by atoms with Crippen molar-refractivity contribution in [2.75, 3.05) is 20.3 Å². The van der Waals surface area contributed by atoms with Crippen LogP contribution in [0.1, 0.15) is 13.3 Å². The second-order valence-electron chi connectivity index (χ2n) is 3.06. The van der Waals surface area contributed by atoms with Gasteiger partial charge in [0.25, 0.3) is 0 Å². The molecule has 1 heterocycles. The zero-order valence-electron chi connectivity index (χ0n) is 7.12. The van der Waals surface area contributed by atoms with Crippen molar-refractivity contribution in [2.24, 2.45) is 5.92 Å². The lowest BCUT2D eigenvalue weighted by Gasteiger charge is -2.21. The minimum Gasteiger partial charge on any atom is -0.396 e. The summed E-state index contributed by atoms with van der Waals surface area (Å²) < 4.78 is 10.6. The number of rotatable bonds is 3. The fourth-order valence-electron chi connectivity index (χ4n) is 1.48. The van der Waals surface area contributed by atoms with Crippen molar-refractivity contribution in [1.29, 1.82) is 0 Å². The lowest BCUT2D eigenvalue weighted by atomic mass is 10.0. The van der Waals surface area contributed by atoms with Gasteiger partial charge in [-0.15, -0.1) is 0 Å². The van der Waals surface area contributed by atoms with Crippen molar-refractivity contribution in [2.45, 2.75) is 25.6 Å². The van der Waals surface area contributed by atoms with E-state index in [1.807, 2.05) is 6.92 Å². The highest BCUT2D eigenvalue weighted by atomic mass is 16.5. The van der Waals surface area contributed by atoms with Crippen LogP contribution in [0.2, 0.25) is 0 Å².